The summed E-state index contributed by atoms with van der Waals surface area (Å²) in [7, 11) is 0. The zero-order valence-corrected chi connectivity index (χ0v) is 18.7. The molecule has 1 aromatic heterocycles. The number of allylic oxidation sites excluding steroid dienone is 1. The van der Waals surface area contributed by atoms with Crippen LogP contribution in [0.25, 0.3) is 17.0 Å². The molecular formula is C23H23ClN4OS. The SMILES string of the molecule is CCCN1C(=S)NC(c2cccc(Cl)c2)C(c2nc(-c3ccc(C)cc3)no2)=C1C. The Bertz CT molecular complexity index is 1110. The normalized spacial score (nSPS) is 16.7. The molecule has 0 amide bonds. The summed E-state index contributed by atoms with van der Waals surface area (Å²) in [6.07, 6.45) is 0.965. The number of nitrogens with zero attached hydrogens (tertiary/aromatic N) is 3. The Labute approximate surface area is 186 Å². The van der Waals surface area contributed by atoms with Gasteiger partial charge in [0, 0.05) is 22.8 Å². The molecule has 0 radical (unpaired) electrons. The maximum Gasteiger partial charge on any atom is 0.258 e. The van der Waals surface area contributed by atoms with Gasteiger partial charge in [-0.1, -0.05) is 65.6 Å². The second-order valence-electron chi connectivity index (χ2n) is 7.38. The summed E-state index contributed by atoms with van der Waals surface area (Å²) in [6, 6.07) is 15.6. The van der Waals surface area contributed by atoms with Crippen LogP contribution in [0.4, 0.5) is 0 Å². The maximum atomic E-state index is 6.27. The Morgan fingerprint density at radius 2 is 1.93 bits per heavy atom. The number of rotatable bonds is 5. The second kappa shape index (κ2) is 8.58. The molecule has 30 heavy (non-hydrogen) atoms. The first-order valence-electron chi connectivity index (χ1n) is 9.93. The minimum Gasteiger partial charge on any atom is -0.351 e. The van der Waals surface area contributed by atoms with Crippen LogP contribution in [-0.2, 0) is 0 Å². The molecule has 1 unspecified atom stereocenters. The molecule has 7 heteroatoms. The molecule has 3 aromatic rings. The molecule has 154 valence electrons. The Hall–Kier alpha value is -2.70. The molecule has 4 rings (SSSR count). The molecule has 2 heterocycles. The van der Waals surface area contributed by atoms with Crippen LogP contribution < -0.4 is 5.32 Å². The van der Waals surface area contributed by atoms with Gasteiger partial charge in [0.2, 0.25) is 5.82 Å². The number of nitrogens with one attached hydrogen (secondary N) is 1. The number of hydrogen-bond acceptors (Lipinski definition) is 4. The number of aromatic nitrogens is 2. The van der Waals surface area contributed by atoms with E-state index in [1.165, 1.54) is 5.56 Å². The molecule has 0 saturated carbocycles. The average molecular weight is 439 g/mol. The zero-order chi connectivity index (χ0) is 21.3. The van der Waals surface area contributed by atoms with Crippen LogP contribution in [0.15, 0.2) is 58.8 Å². The average Bonchev–Trinajstić information content (AvgIpc) is 3.21. The van der Waals surface area contributed by atoms with Crippen molar-refractivity contribution in [2.75, 3.05) is 6.54 Å². The maximum absolute atomic E-state index is 6.27. The summed E-state index contributed by atoms with van der Waals surface area (Å²) < 4.78 is 5.74. The summed E-state index contributed by atoms with van der Waals surface area (Å²) in [5.41, 5.74) is 5.00. The van der Waals surface area contributed by atoms with Gasteiger partial charge in [-0.2, -0.15) is 4.98 Å². The molecule has 2 aromatic carbocycles. The van der Waals surface area contributed by atoms with Gasteiger partial charge in [-0.15, -0.1) is 0 Å². The van der Waals surface area contributed by atoms with Gasteiger partial charge < -0.3 is 14.7 Å². The van der Waals surface area contributed by atoms with Gasteiger partial charge in [0.05, 0.1) is 11.6 Å². The first-order chi connectivity index (χ1) is 14.5. The molecule has 5 nitrogen and oxygen atoms in total. The van der Waals surface area contributed by atoms with Crippen LogP contribution in [0.3, 0.4) is 0 Å². The Balaban J connectivity index is 1.81. The topological polar surface area (TPSA) is 54.2 Å². The standard InChI is InChI=1S/C23H23ClN4OS/c1-4-12-28-15(3)19(20(25-23(28)30)17-6-5-7-18(24)13-17)22-26-21(27-29-22)16-10-8-14(2)9-11-16/h5-11,13,20H,4,12H2,1-3H3,(H,25,30). The van der Waals surface area contributed by atoms with Crippen molar-refractivity contribution in [3.8, 4) is 11.4 Å². The highest BCUT2D eigenvalue weighted by Gasteiger charge is 2.33. The van der Waals surface area contributed by atoms with Gasteiger partial charge in [-0.25, -0.2) is 0 Å². The molecular weight excluding hydrogens is 416 g/mol. The molecule has 0 saturated heterocycles. The van der Waals surface area contributed by atoms with E-state index in [-0.39, 0.29) is 6.04 Å². The lowest BCUT2D eigenvalue weighted by Crippen LogP contribution is -2.46. The first kappa shape index (κ1) is 20.6. The van der Waals surface area contributed by atoms with Crippen LogP contribution in [0.2, 0.25) is 5.02 Å². The van der Waals surface area contributed by atoms with Gasteiger partial charge in [-0.05, 0) is 50.2 Å². The zero-order valence-electron chi connectivity index (χ0n) is 17.1. The number of benzene rings is 2. The van der Waals surface area contributed by atoms with E-state index in [1.807, 2.05) is 62.4 Å². The summed E-state index contributed by atoms with van der Waals surface area (Å²) in [4.78, 5) is 6.81. The first-order valence-corrected chi connectivity index (χ1v) is 10.7. The highest BCUT2D eigenvalue weighted by molar-refractivity contribution is 7.80. The van der Waals surface area contributed by atoms with E-state index < -0.39 is 0 Å². The number of thiocarbonyl (C=S) groups is 1. The number of aryl methyl sites for hydroxylation is 1. The van der Waals surface area contributed by atoms with Crippen molar-refractivity contribution >= 4 is 34.5 Å². The quantitative estimate of drug-likeness (QED) is 0.510. The van der Waals surface area contributed by atoms with E-state index in [2.05, 4.69) is 22.3 Å². The van der Waals surface area contributed by atoms with Gasteiger partial charge in [-0.3, -0.25) is 0 Å². The van der Waals surface area contributed by atoms with Crippen molar-refractivity contribution in [3.63, 3.8) is 0 Å². The lowest BCUT2D eigenvalue weighted by Gasteiger charge is -2.37. The molecule has 0 bridgehead atoms. The van der Waals surface area contributed by atoms with E-state index in [0.29, 0.717) is 21.9 Å². The second-order valence-corrected chi connectivity index (χ2v) is 8.20. The predicted octanol–water partition coefficient (Wildman–Crippen LogP) is 5.77. The van der Waals surface area contributed by atoms with Crippen molar-refractivity contribution in [1.82, 2.24) is 20.4 Å². The third-order valence-electron chi connectivity index (χ3n) is 5.19. The highest BCUT2D eigenvalue weighted by Crippen LogP contribution is 2.38. The number of halogens is 1. The molecule has 0 fully saturated rings. The van der Waals surface area contributed by atoms with Crippen LogP contribution in [0.1, 0.15) is 43.3 Å². The van der Waals surface area contributed by atoms with E-state index >= 15 is 0 Å². The van der Waals surface area contributed by atoms with Crippen molar-refractivity contribution < 1.29 is 4.52 Å². The lowest BCUT2D eigenvalue weighted by molar-refractivity contribution is 0.396. The van der Waals surface area contributed by atoms with Gasteiger partial charge in [0.1, 0.15) is 0 Å². The summed E-state index contributed by atoms with van der Waals surface area (Å²) in [5, 5.41) is 9.03. The summed E-state index contributed by atoms with van der Waals surface area (Å²) in [5.74, 6) is 1.04. The monoisotopic (exact) mass is 438 g/mol. The Morgan fingerprint density at radius 3 is 2.63 bits per heavy atom. The van der Waals surface area contributed by atoms with Crippen LogP contribution in [0, 0.1) is 6.92 Å². The number of hydrogen-bond donors (Lipinski definition) is 1. The molecule has 1 aliphatic heterocycles. The minimum absolute atomic E-state index is 0.226. The largest absolute Gasteiger partial charge is 0.351 e. The fourth-order valence-corrected chi connectivity index (χ4v) is 4.18. The van der Waals surface area contributed by atoms with E-state index in [4.69, 9.17) is 33.3 Å². The van der Waals surface area contributed by atoms with Crippen LogP contribution in [0.5, 0.6) is 0 Å². The smallest absolute Gasteiger partial charge is 0.258 e. The molecule has 0 aliphatic carbocycles. The third kappa shape index (κ3) is 3.98. The minimum atomic E-state index is -0.226. The van der Waals surface area contributed by atoms with Crippen LogP contribution in [-0.4, -0.2) is 26.7 Å². The highest BCUT2D eigenvalue weighted by atomic mass is 35.5. The summed E-state index contributed by atoms with van der Waals surface area (Å²) in [6.45, 7) is 7.03. The van der Waals surface area contributed by atoms with Crippen molar-refractivity contribution in [2.24, 2.45) is 0 Å². The van der Waals surface area contributed by atoms with Crippen molar-refractivity contribution in [1.29, 1.82) is 0 Å². The van der Waals surface area contributed by atoms with Crippen molar-refractivity contribution in [2.45, 2.75) is 33.2 Å². The fourth-order valence-electron chi connectivity index (χ4n) is 3.64. The summed E-state index contributed by atoms with van der Waals surface area (Å²) >= 11 is 11.9. The molecule has 1 aliphatic rings. The molecule has 0 spiro atoms. The third-order valence-corrected chi connectivity index (χ3v) is 5.77. The fraction of sp³-hybridized carbons (Fsp3) is 0.261. The van der Waals surface area contributed by atoms with Crippen molar-refractivity contribution in [3.05, 3.63) is 76.3 Å². The molecule has 1 atom stereocenters. The van der Waals surface area contributed by atoms with E-state index in [1.54, 1.807) is 0 Å². The van der Waals surface area contributed by atoms with E-state index in [0.717, 1.165) is 35.4 Å². The van der Waals surface area contributed by atoms with Gasteiger partial charge in [0.25, 0.3) is 5.89 Å². The van der Waals surface area contributed by atoms with Crippen LogP contribution >= 0.6 is 23.8 Å². The van der Waals surface area contributed by atoms with Gasteiger partial charge >= 0.3 is 0 Å². The van der Waals surface area contributed by atoms with E-state index in [9.17, 15) is 0 Å². The van der Waals surface area contributed by atoms with Gasteiger partial charge in [0.15, 0.2) is 5.11 Å². The Morgan fingerprint density at radius 1 is 1.17 bits per heavy atom. The molecule has 1 N–H and O–H groups in total. The Kier molecular flexibility index (Phi) is 5.88. The lowest BCUT2D eigenvalue weighted by atomic mass is 9.95. The predicted molar refractivity (Wildman–Crippen MR) is 124 cm³/mol.